The van der Waals surface area contributed by atoms with Crippen LogP contribution in [0.5, 0.6) is 5.75 Å². The van der Waals surface area contributed by atoms with E-state index in [1.165, 1.54) is 47.9 Å². The molecule has 0 saturated carbocycles. The third-order valence-corrected chi connectivity index (χ3v) is 18.6. The summed E-state index contributed by atoms with van der Waals surface area (Å²) in [6, 6.07) is 9.47. The zero-order chi connectivity index (χ0) is 71.4. The molecule has 543 valence electrons. The largest absolute Gasteiger partial charge is 2.00 e. The van der Waals surface area contributed by atoms with Crippen LogP contribution in [0.15, 0.2) is 85.1 Å². The number of aliphatic carboxylic acids is 2. The predicted molar refractivity (Wildman–Crippen MR) is 359 cm³/mol. The number of carboxylic acids is 2. The molecule has 16 N–H and O–H groups in total. The Labute approximate surface area is 589 Å². The van der Waals surface area contributed by atoms with Gasteiger partial charge in [0, 0.05) is 113 Å². The Morgan fingerprint density at radius 2 is 1.04 bits per heavy atom. The first-order valence-corrected chi connectivity index (χ1v) is 35.0. The van der Waals surface area contributed by atoms with Crippen molar-refractivity contribution < 1.29 is 105 Å². The summed E-state index contributed by atoms with van der Waals surface area (Å²) < 4.78 is 13.8. The van der Waals surface area contributed by atoms with Crippen molar-refractivity contribution in [2.45, 2.75) is 119 Å². The summed E-state index contributed by atoms with van der Waals surface area (Å²) >= 11 is 8.53. The second kappa shape index (κ2) is 42.1. The summed E-state index contributed by atoms with van der Waals surface area (Å²) in [5, 5.41) is 84.8. The molecule has 0 aliphatic carbocycles. The van der Waals surface area contributed by atoms with E-state index in [1.807, 2.05) is 0 Å². The van der Waals surface area contributed by atoms with Crippen LogP contribution in [0.1, 0.15) is 56.2 Å². The minimum absolute atomic E-state index is 0. The summed E-state index contributed by atoms with van der Waals surface area (Å²) in [5.74, 6) is -10.9. The van der Waals surface area contributed by atoms with E-state index >= 15 is 0 Å². The first-order chi connectivity index (χ1) is 46.1. The number of hydrogen-bond donors (Lipinski definition) is 17. The SMILES string of the molecule is C[C@@H](O)[C@H](NC(=O)[C@H](CCCCN)NC(=O)[C@H](Cc1c[nH]c2ccccc12)NC(=O)[C@H](Cc1ccc(O)cc1)NC(=O)[C@H](CS)NC(=O)[C@H](Cc1ccccc1)NC(=O)CCP(=O)(O)CN1CCN(CC(=O)[O-])CCN(CC(=O)[O-])CC1)C(=O)N[C@@H](CS)C(=O)N[C@H](CO)[C@@H](C)O.[64Cu+2]. The van der Waals surface area contributed by atoms with Gasteiger partial charge in [-0.2, -0.15) is 25.3 Å². The summed E-state index contributed by atoms with van der Waals surface area (Å²) in [6.07, 6.45) is -2.80. The maximum Gasteiger partial charge on any atom is 2.00 e. The average molecular weight is 1480 g/mol. The quantitative estimate of drug-likeness (QED) is 0.00858. The van der Waals surface area contributed by atoms with E-state index in [9.17, 15) is 88.0 Å². The number of aromatic amines is 1. The van der Waals surface area contributed by atoms with Crippen LogP contribution in [0.25, 0.3) is 10.9 Å². The fraction of sp³-hybridized carbons (Fsp3) is 0.524. The van der Waals surface area contributed by atoms with Crippen molar-refractivity contribution in [3.05, 3.63) is 102 Å². The molecule has 1 aliphatic heterocycles. The van der Waals surface area contributed by atoms with Crippen molar-refractivity contribution in [3.8, 4) is 5.75 Å². The summed E-state index contributed by atoms with van der Waals surface area (Å²) in [7, 11) is -4.18. The van der Waals surface area contributed by atoms with Gasteiger partial charge in [-0.25, -0.2) is 0 Å². The Kier molecular flexibility index (Phi) is 35.7. The third-order valence-electron chi connectivity index (χ3n) is 16.1. The van der Waals surface area contributed by atoms with Gasteiger partial charge < -0.3 is 98.4 Å². The summed E-state index contributed by atoms with van der Waals surface area (Å²) in [5.41, 5.74) is 7.98. The number of aromatic nitrogens is 1. The Morgan fingerprint density at radius 1 is 0.582 bits per heavy atom. The number of nitrogens with one attached hydrogen (secondary N) is 9. The van der Waals surface area contributed by atoms with Gasteiger partial charge in [-0.15, -0.1) is 0 Å². The predicted octanol–water partition coefficient (Wildman–Crippen LogP) is -5.44. The Balaban J connectivity index is 0.0000204. The number of phenols is 1. The molecule has 1 radical (unpaired) electrons. The molecule has 8 amide bonds. The van der Waals surface area contributed by atoms with Crippen molar-refractivity contribution in [1.82, 2.24) is 62.2 Å². The van der Waals surface area contributed by atoms with Gasteiger partial charge in [0.25, 0.3) is 0 Å². The number of aliphatic hydroxyl groups excluding tert-OH is 3. The topological polar surface area (TPSA) is 483 Å². The number of carboxylic acid groups (broad SMARTS) is 2. The van der Waals surface area contributed by atoms with Gasteiger partial charge in [0.15, 0.2) is 0 Å². The molecule has 4 aromatic rings. The molecule has 1 saturated heterocycles. The van der Waals surface area contributed by atoms with Crippen LogP contribution < -0.4 is 58.5 Å². The molecule has 0 bridgehead atoms. The first-order valence-electron chi connectivity index (χ1n) is 31.7. The first kappa shape index (κ1) is 83.3. The molecule has 3 aromatic carbocycles. The maximum atomic E-state index is 15.0. The molecule has 11 atom stereocenters. The molecule has 1 fully saturated rings. The molecule has 31 nitrogen and oxygen atoms in total. The molecule has 98 heavy (non-hydrogen) atoms. The number of nitrogens with two attached hydrogens (primary N) is 1. The number of benzene rings is 3. The number of carbonyl (C=O) groups excluding carboxylic acids is 10. The van der Waals surface area contributed by atoms with E-state index in [4.69, 9.17) is 5.73 Å². The van der Waals surface area contributed by atoms with Gasteiger partial charge in [-0.05, 0) is 74.5 Å². The van der Waals surface area contributed by atoms with E-state index in [0.29, 0.717) is 34.0 Å². The van der Waals surface area contributed by atoms with Crippen molar-refractivity contribution in [1.29, 1.82) is 0 Å². The molecular formula is C63H90CuN13O18PS2. The van der Waals surface area contributed by atoms with Gasteiger partial charge >= 0.3 is 17.1 Å². The minimum Gasteiger partial charge on any atom is -0.549 e. The van der Waals surface area contributed by atoms with Gasteiger partial charge in [-0.3, -0.25) is 57.6 Å². The molecule has 1 aliphatic rings. The van der Waals surface area contributed by atoms with E-state index in [0.717, 1.165) is 0 Å². The van der Waals surface area contributed by atoms with Crippen LogP contribution in [0.3, 0.4) is 0 Å². The number of rotatable bonds is 39. The number of nitrogens with zero attached hydrogens (tertiary/aromatic N) is 3. The molecule has 2 heterocycles. The number of fused-ring (bicyclic) bond motifs is 1. The number of amides is 8. The van der Waals surface area contributed by atoms with Gasteiger partial charge in [0.05, 0.1) is 43.1 Å². The Morgan fingerprint density at radius 3 is 1.56 bits per heavy atom. The zero-order valence-electron chi connectivity index (χ0n) is 54.3. The van der Waals surface area contributed by atoms with Crippen LogP contribution >= 0.6 is 32.6 Å². The number of phenolic OH excluding ortho intramolecular Hbond substituents is 1. The number of aliphatic hydroxyl groups is 3. The number of carbonyl (C=O) groups is 10. The molecule has 5 rings (SSSR count). The Hall–Kier alpha value is -7.17. The summed E-state index contributed by atoms with van der Waals surface area (Å²) in [4.78, 5) is 156. The number of H-pyrrole nitrogens is 1. The fourth-order valence-electron chi connectivity index (χ4n) is 10.6. The number of para-hydroxylation sites is 1. The third kappa shape index (κ3) is 28.2. The Bertz CT molecular complexity index is 3300. The maximum absolute atomic E-state index is 15.0. The van der Waals surface area contributed by atoms with Crippen LogP contribution in [-0.2, 0) is 88.8 Å². The van der Waals surface area contributed by atoms with Crippen LogP contribution in [0.2, 0.25) is 0 Å². The van der Waals surface area contributed by atoms with Crippen molar-refractivity contribution in [2.24, 2.45) is 5.73 Å². The van der Waals surface area contributed by atoms with E-state index in [-0.39, 0.29) is 112 Å². The second-order valence-corrected chi connectivity index (χ2v) is 27.0. The number of aromatic hydroxyl groups is 1. The van der Waals surface area contributed by atoms with Crippen molar-refractivity contribution in [3.63, 3.8) is 0 Å². The number of hydrogen-bond acceptors (Lipinski definition) is 23. The van der Waals surface area contributed by atoms with Crippen molar-refractivity contribution in [2.75, 3.05) is 89.5 Å². The monoisotopic (exact) mass is 1480 g/mol. The molecule has 0 spiro atoms. The van der Waals surface area contributed by atoms with Crippen molar-refractivity contribution >= 4 is 103 Å². The van der Waals surface area contributed by atoms with Crippen LogP contribution in [0, 0.1) is 0 Å². The fourth-order valence-corrected chi connectivity index (χ4v) is 12.7. The van der Waals surface area contributed by atoms with E-state index in [2.05, 4.69) is 72.8 Å². The van der Waals surface area contributed by atoms with Gasteiger partial charge in [-0.1, -0.05) is 60.7 Å². The van der Waals surface area contributed by atoms with E-state index < -0.39 is 166 Å². The number of thiol groups is 2. The second-order valence-electron chi connectivity index (χ2n) is 23.8. The van der Waals surface area contributed by atoms with Gasteiger partial charge in [0.1, 0.15) is 48.0 Å². The van der Waals surface area contributed by atoms with Crippen LogP contribution in [0.4, 0.5) is 0 Å². The van der Waals surface area contributed by atoms with Crippen LogP contribution in [-0.4, -0.2) is 254 Å². The van der Waals surface area contributed by atoms with E-state index in [1.54, 1.807) is 65.7 Å². The summed E-state index contributed by atoms with van der Waals surface area (Å²) in [6.45, 7) is 2.03. The standard InChI is InChI=1S/C63H92N13O18PS2.Cu/c1-38(78)50(34-77)70-62(91)52(36-97)72-63(92)56(39(2)79)73-57(86)46(14-8-9-20-64)67-60(89)49(30-42-31-65-45-13-7-6-12-44(42)45)69-59(88)48(29-41-15-17-43(80)18-16-41)68-61(90)51(35-96)71-58(87)47(28-40-10-4-3-5-11-40)66-53(81)19-27-95(93,94)37-76-25-23-74(32-54(82)83)21-22-75(24-26-76)33-55(84)85;/h3-7,10-13,15-18,31,38-39,46-52,56,65,77-80,96-97H,8-9,14,19-30,32-37,64H2,1-2H3,(H,66,81)(H,67,89)(H,68,90)(H,69,88)(H,70,91)(H,71,87)(H,72,92)(H,73,86)(H,82,83)(H,84,85)(H,93,94);/q;+2/p-2/t38-,39-,46+,47+,48+,49+,50-,51+,52+,56+;/m1./s1/i;1+0. The molecule has 1 aromatic heterocycles. The zero-order valence-corrected chi connectivity index (χ0v) is 57.9. The normalized spacial score (nSPS) is 16.8. The smallest absolute Gasteiger partial charge is 0.549 e. The van der Waals surface area contributed by atoms with Gasteiger partial charge in [0.2, 0.25) is 54.6 Å². The average Bonchev–Trinajstić information content (AvgIpc) is 1.62. The molecular weight excluding hydrogens is 1390 g/mol. The molecule has 35 heteroatoms. The number of unbranched alkanes of at least 4 members (excludes halogenated alkanes) is 1. The minimum atomic E-state index is -4.18. The molecule has 1 unspecified atom stereocenters.